The largest absolute Gasteiger partial charge is 0.508 e. The first kappa shape index (κ1) is 15.8. The molecular weight excluding hydrogens is 262 g/mol. The molecule has 0 saturated heterocycles. The quantitative estimate of drug-likeness (QED) is 0.702. The molecule has 1 aromatic carbocycles. The zero-order valence-electron chi connectivity index (χ0n) is 11.5. The first-order valence-corrected chi connectivity index (χ1v) is 6.32. The smallest absolute Gasteiger partial charge is 0.326 e. The van der Waals surface area contributed by atoms with Gasteiger partial charge in [0.05, 0.1) is 0 Å². The number of benzene rings is 1. The molecular formula is C14H19NO5. The SMILES string of the molecule is CC(C)C[C@H](NC(=O)COc1ccc(O)cc1)C(=O)O. The molecule has 1 atom stereocenters. The second kappa shape index (κ2) is 7.37. The highest BCUT2D eigenvalue weighted by atomic mass is 16.5. The zero-order valence-corrected chi connectivity index (χ0v) is 11.5. The zero-order chi connectivity index (χ0) is 15.1. The van der Waals surface area contributed by atoms with Crippen molar-refractivity contribution in [3.05, 3.63) is 24.3 Å². The number of carbonyl (C=O) groups excluding carboxylic acids is 1. The molecule has 0 spiro atoms. The molecule has 6 heteroatoms. The van der Waals surface area contributed by atoms with E-state index < -0.39 is 17.9 Å². The molecule has 1 aromatic rings. The molecule has 6 nitrogen and oxygen atoms in total. The number of carbonyl (C=O) groups is 2. The number of hydrogen-bond donors (Lipinski definition) is 3. The Morgan fingerprint density at radius 3 is 2.35 bits per heavy atom. The molecule has 0 fully saturated rings. The van der Waals surface area contributed by atoms with Gasteiger partial charge >= 0.3 is 5.97 Å². The first-order chi connectivity index (χ1) is 9.38. The van der Waals surface area contributed by atoms with Crippen LogP contribution in [0.15, 0.2) is 24.3 Å². The van der Waals surface area contributed by atoms with Crippen molar-refractivity contribution in [2.75, 3.05) is 6.61 Å². The van der Waals surface area contributed by atoms with Crippen molar-refractivity contribution in [2.24, 2.45) is 5.92 Å². The minimum absolute atomic E-state index is 0.102. The Morgan fingerprint density at radius 2 is 1.85 bits per heavy atom. The monoisotopic (exact) mass is 281 g/mol. The number of nitrogens with one attached hydrogen (secondary N) is 1. The number of phenolic OH excluding ortho intramolecular Hbond substituents is 1. The van der Waals surface area contributed by atoms with E-state index in [9.17, 15) is 9.59 Å². The predicted molar refractivity (Wildman–Crippen MR) is 72.6 cm³/mol. The third-order valence-electron chi connectivity index (χ3n) is 2.55. The summed E-state index contributed by atoms with van der Waals surface area (Å²) in [6, 6.07) is 5.00. The second-order valence-electron chi connectivity index (χ2n) is 4.87. The molecule has 0 aliphatic heterocycles. The van der Waals surface area contributed by atoms with Crippen molar-refractivity contribution in [3.8, 4) is 11.5 Å². The van der Waals surface area contributed by atoms with Crippen LogP contribution in [0.2, 0.25) is 0 Å². The van der Waals surface area contributed by atoms with E-state index in [0.717, 1.165) is 0 Å². The van der Waals surface area contributed by atoms with Gasteiger partial charge in [-0.2, -0.15) is 0 Å². The van der Waals surface area contributed by atoms with Gasteiger partial charge in [-0.05, 0) is 36.6 Å². The standard InChI is InChI=1S/C14H19NO5/c1-9(2)7-12(14(18)19)15-13(17)8-20-11-5-3-10(16)4-6-11/h3-6,9,12,16H,7-8H2,1-2H3,(H,15,17)(H,18,19)/t12-/m0/s1. The number of hydrogen-bond acceptors (Lipinski definition) is 4. The van der Waals surface area contributed by atoms with E-state index in [0.29, 0.717) is 12.2 Å². The number of aromatic hydroxyl groups is 1. The molecule has 0 saturated carbocycles. The Hall–Kier alpha value is -2.24. The first-order valence-electron chi connectivity index (χ1n) is 6.32. The fourth-order valence-corrected chi connectivity index (χ4v) is 1.62. The van der Waals surface area contributed by atoms with E-state index in [2.05, 4.69) is 5.32 Å². The summed E-state index contributed by atoms with van der Waals surface area (Å²) in [6.07, 6.45) is 0.361. The van der Waals surface area contributed by atoms with Crippen LogP contribution in [0.5, 0.6) is 11.5 Å². The number of carboxylic acids is 1. The summed E-state index contributed by atoms with van der Waals surface area (Å²) in [5.74, 6) is -0.865. The molecule has 20 heavy (non-hydrogen) atoms. The van der Waals surface area contributed by atoms with Crippen LogP contribution in [-0.4, -0.2) is 34.7 Å². The van der Waals surface area contributed by atoms with Gasteiger partial charge in [-0.3, -0.25) is 4.79 Å². The summed E-state index contributed by atoms with van der Waals surface area (Å²) >= 11 is 0. The van der Waals surface area contributed by atoms with Crippen LogP contribution in [0.3, 0.4) is 0 Å². The van der Waals surface area contributed by atoms with Gasteiger partial charge in [0.25, 0.3) is 5.91 Å². The molecule has 0 aliphatic rings. The Bertz CT molecular complexity index is 455. The molecule has 0 aliphatic carbocycles. The number of carboxylic acid groups (broad SMARTS) is 1. The molecule has 110 valence electrons. The topological polar surface area (TPSA) is 95.9 Å². The van der Waals surface area contributed by atoms with E-state index in [1.54, 1.807) is 0 Å². The summed E-state index contributed by atoms with van der Waals surface area (Å²) in [5, 5.41) is 20.5. The fourth-order valence-electron chi connectivity index (χ4n) is 1.62. The minimum atomic E-state index is -1.06. The fraction of sp³-hybridized carbons (Fsp3) is 0.429. The van der Waals surface area contributed by atoms with Crippen LogP contribution in [0.4, 0.5) is 0 Å². The second-order valence-corrected chi connectivity index (χ2v) is 4.87. The highest BCUT2D eigenvalue weighted by Crippen LogP contribution is 2.15. The van der Waals surface area contributed by atoms with Crippen LogP contribution in [-0.2, 0) is 9.59 Å². The van der Waals surface area contributed by atoms with Crippen molar-refractivity contribution in [2.45, 2.75) is 26.3 Å². The lowest BCUT2D eigenvalue weighted by Crippen LogP contribution is -2.43. The Balaban J connectivity index is 2.45. The molecule has 0 heterocycles. The van der Waals surface area contributed by atoms with Gasteiger partial charge in [-0.25, -0.2) is 4.79 Å². The van der Waals surface area contributed by atoms with Crippen molar-refractivity contribution >= 4 is 11.9 Å². The molecule has 0 bridgehead atoms. The highest BCUT2D eigenvalue weighted by molar-refractivity contribution is 5.84. The van der Waals surface area contributed by atoms with Gasteiger partial charge in [0.1, 0.15) is 17.5 Å². The van der Waals surface area contributed by atoms with Crippen molar-refractivity contribution in [1.82, 2.24) is 5.32 Å². The maximum Gasteiger partial charge on any atom is 0.326 e. The maximum absolute atomic E-state index is 11.6. The van der Waals surface area contributed by atoms with Gasteiger partial charge in [-0.1, -0.05) is 13.8 Å². The normalized spacial score (nSPS) is 11.9. The molecule has 1 amide bonds. The van der Waals surface area contributed by atoms with Crippen LogP contribution in [0, 0.1) is 5.92 Å². The lowest BCUT2D eigenvalue weighted by Gasteiger charge is -2.16. The Kier molecular flexibility index (Phi) is 5.83. The molecule has 0 unspecified atom stereocenters. The van der Waals surface area contributed by atoms with Gasteiger partial charge in [0.15, 0.2) is 6.61 Å². The average Bonchev–Trinajstić information content (AvgIpc) is 2.36. The Labute approximate surface area is 117 Å². The van der Waals surface area contributed by atoms with Gasteiger partial charge in [0.2, 0.25) is 0 Å². The molecule has 0 aromatic heterocycles. The highest BCUT2D eigenvalue weighted by Gasteiger charge is 2.21. The number of ether oxygens (including phenoxy) is 1. The Morgan fingerprint density at radius 1 is 1.25 bits per heavy atom. The molecule has 3 N–H and O–H groups in total. The van der Waals surface area contributed by atoms with E-state index in [1.807, 2.05) is 13.8 Å². The summed E-state index contributed by atoms with van der Waals surface area (Å²) in [7, 11) is 0. The lowest BCUT2D eigenvalue weighted by molar-refractivity contribution is -0.142. The van der Waals surface area contributed by atoms with Crippen LogP contribution in [0.25, 0.3) is 0 Å². The van der Waals surface area contributed by atoms with Crippen LogP contribution >= 0.6 is 0 Å². The summed E-state index contributed by atoms with van der Waals surface area (Å²) < 4.78 is 5.19. The van der Waals surface area contributed by atoms with Gasteiger partial charge < -0.3 is 20.3 Å². The summed E-state index contributed by atoms with van der Waals surface area (Å²) in [5.41, 5.74) is 0. The number of rotatable bonds is 7. The van der Waals surface area contributed by atoms with Crippen LogP contribution < -0.4 is 10.1 Å². The van der Waals surface area contributed by atoms with Crippen LogP contribution in [0.1, 0.15) is 20.3 Å². The maximum atomic E-state index is 11.6. The van der Waals surface area contributed by atoms with Crippen molar-refractivity contribution in [3.63, 3.8) is 0 Å². The van der Waals surface area contributed by atoms with E-state index in [4.69, 9.17) is 14.9 Å². The van der Waals surface area contributed by atoms with Gasteiger partial charge in [0, 0.05) is 0 Å². The van der Waals surface area contributed by atoms with Crippen molar-refractivity contribution < 1.29 is 24.5 Å². The molecule has 0 radical (unpaired) electrons. The number of phenols is 1. The average molecular weight is 281 g/mol. The van der Waals surface area contributed by atoms with Gasteiger partial charge in [-0.15, -0.1) is 0 Å². The number of amides is 1. The van der Waals surface area contributed by atoms with E-state index in [1.165, 1.54) is 24.3 Å². The summed E-state index contributed by atoms with van der Waals surface area (Å²) in [4.78, 5) is 22.6. The summed E-state index contributed by atoms with van der Waals surface area (Å²) in [6.45, 7) is 3.50. The molecule has 1 rings (SSSR count). The minimum Gasteiger partial charge on any atom is -0.508 e. The number of aliphatic carboxylic acids is 1. The van der Waals surface area contributed by atoms with Crippen molar-refractivity contribution in [1.29, 1.82) is 0 Å². The predicted octanol–water partition coefficient (Wildman–Crippen LogP) is 1.39. The lowest BCUT2D eigenvalue weighted by atomic mass is 10.0. The van der Waals surface area contributed by atoms with E-state index in [-0.39, 0.29) is 18.3 Å². The van der Waals surface area contributed by atoms with E-state index >= 15 is 0 Å². The third-order valence-corrected chi connectivity index (χ3v) is 2.55. The third kappa shape index (κ3) is 5.60.